The maximum absolute atomic E-state index is 5.95. The van der Waals surface area contributed by atoms with Crippen LogP contribution in [0.5, 0.6) is 0 Å². The van der Waals surface area contributed by atoms with Gasteiger partial charge < -0.3 is 5.32 Å². The first-order valence-corrected chi connectivity index (χ1v) is 7.36. The fraction of sp³-hybridized carbons (Fsp3) is 0.143. The second-order valence-electron chi connectivity index (χ2n) is 3.75. The van der Waals surface area contributed by atoms with Crippen LogP contribution in [0.3, 0.4) is 0 Å². The summed E-state index contributed by atoms with van der Waals surface area (Å²) < 4.78 is 0. The molecule has 1 nitrogen and oxygen atoms in total. The van der Waals surface area contributed by atoms with E-state index in [9.17, 15) is 0 Å². The molecule has 0 spiro atoms. The third-order valence-electron chi connectivity index (χ3n) is 2.31. The fourth-order valence-electron chi connectivity index (χ4n) is 1.53. The van der Waals surface area contributed by atoms with Crippen molar-refractivity contribution >= 4 is 40.7 Å². The van der Waals surface area contributed by atoms with Gasteiger partial charge in [0.25, 0.3) is 0 Å². The lowest BCUT2D eigenvalue weighted by Gasteiger charge is -2.06. The summed E-state index contributed by atoms with van der Waals surface area (Å²) in [6, 6.07) is 15.8. The van der Waals surface area contributed by atoms with Crippen LogP contribution in [0.4, 0.5) is 5.69 Å². The van der Waals surface area contributed by atoms with Crippen LogP contribution in [0, 0.1) is 0 Å². The predicted molar refractivity (Wildman–Crippen MR) is 82.1 cm³/mol. The molecule has 0 unspecified atom stereocenters. The Bertz CT molecular complexity index is 482. The van der Waals surface area contributed by atoms with E-state index in [0.29, 0.717) is 10.0 Å². The van der Waals surface area contributed by atoms with Crippen LogP contribution in [0.15, 0.2) is 53.4 Å². The monoisotopic (exact) mass is 297 g/mol. The Kier molecular flexibility index (Phi) is 5.24. The highest BCUT2D eigenvalue weighted by molar-refractivity contribution is 7.99. The summed E-state index contributed by atoms with van der Waals surface area (Å²) in [5, 5.41) is 4.72. The van der Waals surface area contributed by atoms with Crippen molar-refractivity contribution in [2.45, 2.75) is 4.90 Å². The number of thioether (sulfide) groups is 1. The molecule has 0 saturated heterocycles. The Hall–Kier alpha value is -0.830. The van der Waals surface area contributed by atoms with Gasteiger partial charge in [0.05, 0.1) is 0 Å². The average Bonchev–Trinajstić information content (AvgIpc) is 2.35. The highest BCUT2D eigenvalue weighted by Crippen LogP contribution is 2.26. The van der Waals surface area contributed by atoms with Crippen molar-refractivity contribution in [2.24, 2.45) is 0 Å². The lowest BCUT2D eigenvalue weighted by molar-refractivity contribution is 1.22. The first-order chi connectivity index (χ1) is 8.74. The largest absolute Gasteiger partial charge is 0.384 e. The molecule has 0 bridgehead atoms. The number of benzene rings is 2. The van der Waals surface area contributed by atoms with Crippen LogP contribution in [-0.4, -0.2) is 12.3 Å². The van der Waals surface area contributed by atoms with Gasteiger partial charge in [0.1, 0.15) is 0 Å². The van der Waals surface area contributed by atoms with E-state index in [1.165, 1.54) is 0 Å². The molecule has 94 valence electrons. The number of rotatable bonds is 5. The second-order valence-corrected chi connectivity index (χ2v) is 5.79. The van der Waals surface area contributed by atoms with Crippen LogP contribution >= 0.6 is 35.0 Å². The highest BCUT2D eigenvalue weighted by Gasteiger charge is 1.99. The van der Waals surface area contributed by atoms with Crippen molar-refractivity contribution < 1.29 is 0 Å². The first-order valence-electron chi connectivity index (χ1n) is 5.62. The van der Waals surface area contributed by atoms with Gasteiger partial charge in [0, 0.05) is 32.9 Å². The number of anilines is 1. The molecule has 1 N–H and O–H groups in total. The zero-order valence-electron chi connectivity index (χ0n) is 9.70. The van der Waals surface area contributed by atoms with E-state index in [4.69, 9.17) is 23.2 Å². The molecule has 0 aliphatic heterocycles. The summed E-state index contributed by atoms with van der Waals surface area (Å²) in [6.45, 7) is 0.902. The summed E-state index contributed by atoms with van der Waals surface area (Å²) in [4.78, 5) is 1.10. The molecular weight excluding hydrogens is 285 g/mol. The maximum Gasteiger partial charge on any atom is 0.0431 e. The van der Waals surface area contributed by atoms with E-state index in [0.717, 1.165) is 22.9 Å². The van der Waals surface area contributed by atoms with Crippen LogP contribution in [-0.2, 0) is 0 Å². The van der Waals surface area contributed by atoms with Crippen molar-refractivity contribution in [1.82, 2.24) is 0 Å². The molecule has 0 saturated carbocycles. The van der Waals surface area contributed by atoms with E-state index >= 15 is 0 Å². The third-order valence-corrected chi connectivity index (χ3v) is 3.72. The van der Waals surface area contributed by atoms with Gasteiger partial charge in [-0.25, -0.2) is 0 Å². The molecule has 0 aromatic heterocycles. The summed E-state index contributed by atoms with van der Waals surface area (Å²) in [6.07, 6.45) is 0. The van der Waals surface area contributed by atoms with Gasteiger partial charge >= 0.3 is 0 Å². The van der Waals surface area contributed by atoms with E-state index in [1.807, 2.05) is 30.3 Å². The molecule has 0 atom stereocenters. The van der Waals surface area contributed by atoms with Crippen LogP contribution in [0.2, 0.25) is 10.0 Å². The quantitative estimate of drug-likeness (QED) is 0.601. The van der Waals surface area contributed by atoms with Crippen molar-refractivity contribution in [1.29, 1.82) is 0 Å². The fourth-order valence-corrected chi connectivity index (χ4v) is 3.05. The smallest absolute Gasteiger partial charge is 0.0431 e. The topological polar surface area (TPSA) is 12.0 Å². The van der Waals surface area contributed by atoms with Crippen molar-refractivity contribution in [3.05, 3.63) is 58.6 Å². The molecule has 2 aromatic rings. The number of nitrogens with one attached hydrogen (secondary N) is 1. The standard InChI is InChI=1S/C14H13Cl2NS/c15-11-8-12(16)10-14(9-11)18-7-6-17-13-4-2-1-3-5-13/h1-5,8-10,17H,6-7H2. The van der Waals surface area contributed by atoms with Crippen molar-refractivity contribution in [3.63, 3.8) is 0 Å². The molecular formula is C14H13Cl2NS. The summed E-state index contributed by atoms with van der Waals surface area (Å²) >= 11 is 13.6. The number of hydrogen-bond acceptors (Lipinski definition) is 2. The van der Waals surface area contributed by atoms with Gasteiger partial charge in [0.15, 0.2) is 0 Å². The van der Waals surface area contributed by atoms with Crippen molar-refractivity contribution in [2.75, 3.05) is 17.6 Å². The Balaban J connectivity index is 1.78. The van der Waals surface area contributed by atoms with Gasteiger partial charge in [-0.3, -0.25) is 0 Å². The number of hydrogen-bond donors (Lipinski definition) is 1. The second kappa shape index (κ2) is 6.93. The highest BCUT2D eigenvalue weighted by atomic mass is 35.5. The number of para-hydroxylation sites is 1. The summed E-state index contributed by atoms with van der Waals surface area (Å²) in [5.41, 5.74) is 1.14. The van der Waals surface area contributed by atoms with Gasteiger partial charge in [-0.15, -0.1) is 11.8 Å². The first kappa shape index (κ1) is 13.6. The minimum atomic E-state index is 0.681. The molecule has 0 amide bonds. The Labute approximate surface area is 121 Å². The number of halogens is 2. The van der Waals surface area contributed by atoms with E-state index in [1.54, 1.807) is 17.8 Å². The zero-order valence-corrected chi connectivity index (χ0v) is 12.0. The van der Waals surface area contributed by atoms with Gasteiger partial charge in [-0.1, -0.05) is 41.4 Å². The molecule has 4 heteroatoms. The SMILES string of the molecule is Clc1cc(Cl)cc(SCCNc2ccccc2)c1. The van der Waals surface area contributed by atoms with E-state index in [-0.39, 0.29) is 0 Å². The molecule has 0 aliphatic rings. The minimum Gasteiger partial charge on any atom is -0.384 e. The van der Waals surface area contributed by atoms with E-state index < -0.39 is 0 Å². The third kappa shape index (κ3) is 4.45. The molecule has 2 rings (SSSR count). The zero-order chi connectivity index (χ0) is 12.8. The lowest BCUT2D eigenvalue weighted by Crippen LogP contribution is -2.03. The Morgan fingerprint density at radius 2 is 1.61 bits per heavy atom. The molecule has 18 heavy (non-hydrogen) atoms. The predicted octanol–water partition coefficient (Wildman–Crippen LogP) is 5.20. The molecule has 2 aromatic carbocycles. The average molecular weight is 298 g/mol. The Morgan fingerprint density at radius 3 is 2.28 bits per heavy atom. The normalized spacial score (nSPS) is 10.3. The van der Waals surface area contributed by atoms with Crippen LogP contribution < -0.4 is 5.32 Å². The summed E-state index contributed by atoms with van der Waals surface area (Å²) in [5.74, 6) is 0.964. The Morgan fingerprint density at radius 1 is 0.944 bits per heavy atom. The molecule has 0 heterocycles. The van der Waals surface area contributed by atoms with Crippen LogP contribution in [0.1, 0.15) is 0 Å². The molecule has 0 radical (unpaired) electrons. The van der Waals surface area contributed by atoms with Gasteiger partial charge in [0.2, 0.25) is 0 Å². The maximum atomic E-state index is 5.95. The molecule has 0 fully saturated rings. The van der Waals surface area contributed by atoms with E-state index in [2.05, 4.69) is 17.4 Å². The minimum absolute atomic E-state index is 0.681. The lowest BCUT2D eigenvalue weighted by atomic mass is 10.3. The van der Waals surface area contributed by atoms with Gasteiger partial charge in [-0.2, -0.15) is 0 Å². The van der Waals surface area contributed by atoms with Gasteiger partial charge in [-0.05, 0) is 30.3 Å². The van der Waals surface area contributed by atoms with Crippen LogP contribution in [0.25, 0.3) is 0 Å². The molecule has 0 aliphatic carbocycles. The summed E-state index contributed by atoms with van der Waals surface area (Å²) in [7, 11) is 0. The van der Waals surface area contributed by atoms with Crippen molar-refractivity contribution in [3.8, 4) is 0 Å².